The van der Waals surface area contributed by atoms with Gasteiger partial charge in [-0.3, -0.25) is 0 Å². The minimum Gasteiger partial charge on any atom is -0.388 e. The standard InChI is InChI=1S/C13H22N2.C7H11N3/c1-3-7-12(8-4-1)14-11-15-13-9-5-2-6-10-13;1-8-6-3-4-10-7(5-6)9-2/h12-13H,1-10H2;3-5H,1-2H3,(H2,8,9,10). The largest absolute Gasteiger partial charge is 0.388 e. The van der Waals surface area contributed by atoms with Gasteiger partial charge in [-0.15, -0.1) is 0 Å². The van der Waals surface area contributed by atoms with E-state index in [0.29, 0.717) is 12.1 Å². The third-order valence-electron chi connectivity index (χ3n) is 4.93. The molecular weight excluding hydrogens is 310 g/mol. The molecule has 0 amide bonds. The zero-order valence-corrected chi connectivity index (χ0v) is 15.8. The molecule has 25 heavy (non-hydrogen) atoms. The Balaban J connectivity index is 0.000000196. The van der Waals surface area contributed by atoms with Crippen LogP contribution in [0.15, 0.2) is 28.3 Å². The minimum absolute atomic E-state index is 0.533. The van der Waals surface area contributed by atoms with Gasteiger partial charge < -0.3 is 10.6 Å². The number of hydrogen-bond donors (Lipinski definition) is 2. The number of hydrogen-bond acceptors (Lipinski definition) is 5. The second-order valence-corrected chi connectivity index (χ2v) is 6.87. The highest BCUT2D eigenvalue weighted by Gasteiger charge is 2.12. The van der Waals surface area contributed by atoms with E-state index in [1.807, 2.05) is 26.2 Å². The van der Waals surface area contributed by atoms with Crippen molar-refractivity contribution in [2.75, 3.05) is 24.7 Å². The number of aromatic nitrogens is 1. The molecule has 0 bridgehead atoms. The van der Waals surface area contributed by atoms with Crippen molar-refractivity contribution in [3.8, 4) is 0 Å². The quantitative estimate of drug-likeness (QED) is 0.757. The van der Waals surface area contributed by atoms with Gasteiger partial charge in [0.1, 0.15) is 5.82 Å². The van der Waals surface area contributed by atoms with Gasteiger partial charge in [-0.05, 0) is 31.7 Å². The minimum atomic E-state index is 0.533. The Morgan fingerprint density at radius 3 is 1.92 bits per heavy atom. The van der Waals surface area contributed by atoms with Gasteiger partial charge in [0.15, 0.2) is 0 Å². The van der Waals surface area contributed by atoms with E-state index in [4.69, 9.17) is 0 Å². The summed E-state index contributed by atoms with van der Waals surface area (Å²) in [5, 5.41) is 5.97. The van der Waals surface area contributed by atoms with Crippen LogP contribution in [0.1, 0.15) is 64.2 Å². The fourth-order valence-electron chi connectivity index (χ4n) is 3.34. The van der Waals surface area contributed by atoms with Crippen molar-refractivity contribution in [2.24, 2.45) is 9.98 Å². The fourth-order valence-corrected chi connectivity index (χ4v) is 3.34. The number of nitrogens with zero attached hydrogens (tertiary/aromatic N) is 3. The maximum Gasteiger partial charge on any atom is 0.127 e. The molecule has 138 valence electrons. The molecule has 2 aliphatic rings. The smallest absolute Gasteiger partial charge is 0.127 e. The number of rotatable bonds is 4. The summed E-state index contributed by atoms with van der Waals surface area (Å²) in [7, 11) is 3.73. The van der Waals surface area contributed by atoms with Crippen molar-refractivity contribution in [3.63, 3.8) is 0 Å². The van der Waals surface area contributed by atoms with Gasteiger partial charge in [-0.1, -0.05) is 38.5 Å². The summed E-state index contributed by atoms with van der Waals surface area (Å²) in [4.78, 5) is 13.0. The molecule has 5 heteroatoms. The van der Waals surface area contributed by atoms with Crippen molar-refractivity contribution in [1.82, 2.24) is 4.98 Å². The second kappa shape index (κ2) is 11.6. The lowest BCUT2D eigenvalue weighted by Crippen LogP contribution is -2.10. The maximum atomic E-state index is 4.46. The van der Waals surface area contributed by atoms with Crippen molar-refractivity contribution in [3.05, 3.63) is 18.3 Å². The Labute approximate surface area is 152 Å². The Hall–Kier alpha value is -1.87. The molecule has 0 radical (unpaired) electrons. The molecule has 2 aliphatic carbocycles. The van der Waals surface area contributed by atoms with Crippen LogP contribution in [-0.4, -0.2) is 37.2 Å². The van der Waals surface area contributed by atoms with E-state index < -0.39 is 0 Å². The average Bonchev–Trinajstić information content (AvgIpc) is 2.70. The Bertz CT molecular complexity index is 498. The molecule has 2 fully saturated rings. The summed E-state index contributed by atoms with van der Waals surface area (Å²) in [5.41, 5.74) is 1.07. The van der Waals surface area contributed by atoms with Gasteiger partial charge >= 0.3 is 0 Å². The highest BCUT2D eigenvalue weighted by Crippen LogP contribution is 2.21. The van der Waals surface area contributed by atoms with Crippen LogP contribution in [0.2, 0.25) is 0 Å². The van der Waals surface area contributed by atoms with Crippen molar-refractivity contribution in [1.29, 1.82) is 0 Å². The Morgan fingerprint density at radius 2 is 1.44 bits per heavy atom. The van der Waals surface area contributed by atoms with Crippen LogP contribution in [0.25, 0.3) is 0 Å². The molecule has 3 rings (SSSR count). The summed E-state index contributed by atoms with van der Waals surface area (Å²) in [6.45, 7) is 0. The molecule has 5 nitrogen and oxygen atoms in total. The lowest BCUT2D eigenvalue weighted by Gasteiger charge is -2.17. The lowest BCUT2D eigenvalue weighted by molar-refractivity contribution is 0.438. The van der Waals surface area contributed by atoms with Crippen LogP contribution in [0.3, 0.4) is 0 Å². The van der Waals surface area contributed by atoms with Crippen LogP contribution < -0.4 is 10.6 Å². The SMILES string of the molecule is C(=NC1CCCCC1)=NC1CCCCC1.CNc1ccnc(NC)c1. The highest BCUT2D eigenvalue weighted by atomic mass is 15.0. The first-order valence-corrected chi connectivity index (χ1v) is 9.78. The van der Waals surface area contributed by atoms with E-state index in [0.717, 1.165) is 11.5 Å². The summed E-state index contributed by atoms with van der Waals surface area (Å²) >= 11 is 0. The molecule has 1 heterocycles. The first-order valence-electron chi connectivity index (χ1n) is 9.78. The zero-order valence-electron chi connectivity index (χ0n) is 15.8. The predicted molar refractivity (Wildman–Crippen MR) is 107 cm³/mol. The Morgan fingerprint density at radius 1 is 0.880 bits per heavy atom. The van der Waals surface area contributed by atoms with Crippen molar-refractivity contribution < 1.29 is 0 Å². The lowest BCUT2D eigenvalue weighted by atomic mass is 9.96. The van der Waals surface area contributed by atoms with E-state index in [-0.39, 0.29) is 0 Å². The van der Waals surface area contributed by atoms with Gasteiger partial charge in [-0.2, -0.15) is 0 Å². The van der Waals surface area contributed by atoms with Gasteiger partial charge in [-0.25, -0.2) is 15.0 Å². The number of anilines is 2. The molecule has 0 saturated heterocycles. The molecule has 1 aromatic rings. The summed E-state index contributed by atoms with van der Waals surface area (Å²) in [6, 6.07) is 7.90. The van der Waals surface area contributed by atoms with Crippen molar-refractivity contribution in [2.45, 2.75) is 76.3 Å². The first kappa shape index (κ1) is 19.5. The van der Waals surface area contributed by atoms with Crippen LogP contribution in [0.5, 0.6) is 0 Å². The molecule has 2 saturated carbocycles. The number of nitrogens with one attached hydrogen (secondary N) is 2. The third kappa shape index (κ3) is 7.70. The van der Waals surface area contributed by atoms with E-state index in [1.165, 1.54) is 64.2 Å². The van der Waals surface area contributed by atoms with E-state index >= 15 is 0 Å². The number of aliphatic imine (C=N–C) groups is 2. The summed E-state index contributed by atoms with van der Waals surface area (Å²) in [6.07, 6.45) is 15.0. The van der Waals surface area contributed by atoms with Crippen LogP contribution in [0, 0.1) is 0 Å². The molecule has 0 unspecified atom stereocenters. The summed E-state index contributed by atoms with van der Waals surface area (Å²) in [5.74, 6) is 0.881. The maximum absolute atomic E-state index is 4.46. The summed E-state index contributed by atoms with van der Waals surface area (Å²) < 4.78 is 0. The predicted octanol–water partition coefficient (Wildman–Crippen LogP) is 4.99. The molecule has 0 atom stereocenters. The molecule has 2 N–H and O–H groups in total. The normalized spacial score (nSPS) is 18.3. The zero-order chi connectivity index (χ0) is 17.7. The van der Waals surface area contributed by atoms with Gasteiger partial charge in [0.05, 0.1) is 18.1 Å². The molecular formula is C20H33N5. The second-order valence-electron chi connectivity index (χ2n) is 6.87. The average molecular weight is 344 g/mol. The van der Waals surface area contributed by atoms with Crippen molar-refractivity contribution >= 4 is 17.5 Å². The van der Waals surface area contributed by atoms with E-state index in [9.17, 15) is 0 Å². The monoisotopic (exact) mass is 343 g/mol. The van der Waals surface area contributed by atoms with Gasteiger partial charge in [0.2, 0.25) is 0 Å². The third-order valence-corrected chi connectivity index (χ3v) is 4.93. The first-order chi connectivity index (χ1) is 12.3. The highest BCUT2D eigenvalue weighted by molar-refractivity contribution is 5.50. The van der Waals surface area contributed by atoms with E-state index in [2.05, 4.69) is 31.6 Å². The fraction of sp³-hybridized carbons (Fsp3) is 0.700. The molecule has 1 aromatic heterocycles. The molecule has 0 aromatic carbocycles. The molecule has 0 spiro atoms. The van der Waals surface area contributed by atoms with Gasteiger partial charge in [0.25, 0.3) is 0 Å². The van der Waals surface area contributed by atoms with Crippen LogP contribution in [0.4, 0.5) is 11.5 Å². The number of pyridine rings is 1. The van der Waals surface area contributed by atoms with Gasteiger partial charge in [0, 0.05) is 32.0 Å². The Kier molecular flexibility index (Phi) is 9.06. The molecule has 0 aliphatic heterocycles. The topological polar surface area (TPSA) is 61.7 Å². The van der Waals surface area contributed by atoms with Crippen LogP contribution >= 0.6 is 0 Å². The van der Waals surface area contributed by atoms with E-state index in [1.54, 1.807) is 6.20 Å². The van der Waals surface area contributed by atoms with Crippen LogP contribution in [-0.2, 0) is 0 Å².